The first kappa shape index (κ1) is 28.1. The Morgan fingerprint density at radius 3 is 2.12 bits per heavy atom. The molecule has 10 nitrogen and oxygen atoms in total. The summed E-state index contributed by atoms with van der Waals surface area (Å²) >= 11 is 0. The fraction of sp³-hybridized carbons (Fsp3) is 1.00. The molecule has 4 unspecified atom stereocenters. The second-order valence-corrected chi connectivity index (χ2v) is 18.6. The van der Waals surface area contributed by atoms with Gasteiger partial charge in [0.2, 0.25) is 0 Å². The molecule has 15 heteroatoms. The van der Waals surface area contributed by atoms with Crippen LogP contribution in [0.3, 0.4) is 0 Å². The second kappa shape index (κ2) is 9.75. The van der Waals surface area contributed by atoms with Crippen LogP contribution in [-0.2, 0) is 41.1 Å². The fourth-order valence-electron chi connectivity index (χ4n) is 3.71. The van der Waals surface area contributed by atoms with Gasteiger partial charge in [0.1, 0.15) is 40.1 Å². The van der Waals surface area contributed by atoms with Crippen molar-refractivity contribution in [3.8, 4) is 0 Å². The zero-order valence-corrected chi connectivity index (χ0v) is 23.0. The zero-order chi connectivity index (χ0) is 25.0. The van der Waals surface area contributed by atoms with E-state index in [1.807, 2.05) is 13.1 Å². The van der Waals surface area contributed by atoms with Crippen molar-refractivity contribution in [3.63, 3.8) is 0 Å². The van der Waals surface area contributed by atoms with Crippen molar-refractivity contribution < 1.29 is 46.0 Å². The highest BCUT2D eigenvalue weighted by atomic mass is 31.2. The average Bonchev–Trinajstić information content (AvgIpc) is 3.07. The molecule has 0 bridgehead atoms. The third kappa shape index (κ3) is 6.44. The summed E-state index contributed by atoms with van der Waals surface area (Å²) < 4.78 is 65.8. The number of phosphoric ester groups is 1. The van der Waals surface area contributed by atoms with Gasteiger partial charge in [0.25, 0.3) is 0 Å². The van der Waals surface area contributed by atoms with E-state index in [4.69, 9.17) is 47.7 Å². The van der Waals surface area contributed by atoms with Gasteiger partial charge in [-0.2, -0.15) is 0 Å². The summed E-state index contributed by atoms with van der Waals surface area (Å²) in [6.45, 7) is 12.7. The van der Waals surface area contributed by atoms with Crippen molar-refractivity contribution in [2.75, 3.05) is 19.9 Å². The highest BCUT2D eigenvalue weighted by molar-refractivity contribution is 7.53. The highest BCUT2D eigenvalue weighted by Crippen LogP contribution is 2.53. The van der Waals surface area contributed by atoms with E-state index < -0.39 is 78.8 Å². The van der Waals surface area contributed by atoms with Gasteiger partial charge >= 0.3 is 15.4 Å². The topological polar surface area (TPSA) is 119 Å². The van der Waals surface area contributed by atoms with Crippen LogP contribution < -0.4 is 0 Å². The van der Waals surface area contributed by atoms with E-state index in [-0.39, 0.29) is 11.6 Å². The maximum atomic E-state index is 13.2. The number of hydrogen-bond donors (Lipinski definition) is 1. The van der Waals surface area contributed by atoms with Crippen LogP contribution in [-0.4, -0.2) is 91.3 Å². The molecule has 0 aromatic carbocycles. The van der Waals surface area contributed by atoms with Crippen molar-refractivity contribution in [2.24, 2.45) is 5.92 Å². The van der Waals surface area contributed by atoms with Gasteiger partial charge in [-0.05, 0) is 18.1 Å². The molecule has 0 aliphatic carbocycles. The van der Waals surface area contributed by atoms with Crippen LogP contribution in [0.1, 0.15) is 27.7 Å². The number of fused-ring (bicyclic) bond motifs is 2. The van der Waals surface area contributed by atoms with E-state index >= 15 is 0 Å². The minimum atomic E-state index is -4.53. The minimum Gasteiger partial charge on any atom is -0.409 e. The molecule has 3 saturated heterocycles. The first-order valence-corrected chi connectivity index (χ1v) is 17.4. The number of ether oxygens (including phenoxy) is 2. The second-order valence-electron chi connectivity index (χ2n) is 10.5. The van der Waals surface area contributed by atoms with Crippen molar-refractivity contribution >= 4 is 39.4 Å². The highest BCUT2D eigenvalue weighted by Gasteiger charge is 2.52. The first-order valence-electron chi connectivity index (χ1n) is 11.0. The molecule has 33 heavy (non-hydrogen) atoms. The molecule has 3 aliphatic heterocycles. The molecule has 1 N–H and O–H groups in total. The Labute approximate surface area is 199 Å². The van der Waals surface area contributed by atoms with Crippen LogP contribution in [0.25, 0.3) is 0 Å². The van der Waals surface area contributed by atoms with Crippen LogP contribution in [0.5, 0.6) is 0 Å². The normalized spacial score (nSPS) is 47.9. The third-order valence-corrected chi connectivity index (χ3v) is 13.5. The third-order valence-electron chi connectivity index (χ3n) is 6.76. The quantitative estimate of drug-likeness (QED) is 0.428. The molecule has 10 atom stereocenters. The smallest absolute Gasteiger partial charge is 0.409 e. The van der Waals surface area contributed by atoms with E-state index in [2.05, 4.69) is 20.8 Å². The van der Waals surface area contributed by atoms with E-state index in [1.165, 1.54) is 6.66 Å². The monoisotopic (exact) mass is 522 g/mol. The SMILES string of the molecule is [B][C@@H]1O[C@@H]2COP(C)(=O)OC3[C@@H](COP(=O)(O)OC2[C@@H]1C)O[C@@H]([B])[C@H]3O[Si](C)(C)C(C)(C)C. The van der Waals surface area contributed by atoms with Gasteiger partial charge < -0.3 is 23.3 Å². The molecular formula is C18H34B2O10P2Si. The molecule has 0 aromatic rings. The summed E-state index contributed by atoms with van der Waals surface area (Å²) in [5, 5.41) is -0.141. The van der Waals surface area contributed by atoms with Gasteiger partial charge in [0.05, 0.1) is 19.3 Å². The molecule has 0 spiro atoms. The summed E-state index contributed by atoms with van der Waals surface area (Å²) in [6.07, 6.45) is -4.45. The van der Waals surface area contributed by atoms with Gasteiger partial charge in [-0.3, -0.25) is 18.1 Å². The Bertz CT molecular complexity index is 812. The molecule has 4 radical (unpaired) electrons. The maximum absolute atomic E-state index is 13.2. The Kier molecular flexibility index (Phi) is 8.29. The summed E-state index contributed by atoms with van der Waals surface area (Å²) in [5.41, 5.74) is 0. The van der Waals surface area contributed by atoms with E-state index in [1.54, 1.807) is 6.92 Å². The Hall–Kier alpha value is 0.487. The van der Waals surface area contributed by atoms with E-state index in [0.717, 1.165) is 0 Å². The number of rotatable bonds is 2. The molecular weight excluding hydrogens is 488 g/mol. The van der Waals surface area contributed by atoms with Gasteiger partial charge in [-0.1, -0.05) is 27.7 Å². The zero-order valence-electron chi connectivity index (χ0n) is 20.2. The molecule has 3 rings (SSSR count). The minimum absolute atomic E-state index is 0.141. The van der Waals surface area contributed by atoms with E-state index in [0.29, 0.717) is 0 Å². The lowest BCUT2D eigenvalue weighted by atomic mass is 9.86. The van der Waals surface area contributed by atoms with Crippen molar-refractivity contribution in [1.82, 2.24) is 0 Å². The molecule has 0 aromatic heterocycles. The largest absolute Gasteiger partial charge is 0.472 e. The lowest BCUT2D eigenvalue weighted by Gasteiger charge is -2.40. The van der Waals surface area contributed by atoms with Gasteiger partial charge in [-0.25, -0.2) is 4.57 Å². The van der Waals surface area contributed by atoms with Gasteiger partial charge in [0.15, 0.2) is 8.32 Å². The lowest BCUT2D eigenvalue weighted by molar-refractivity contribution is -0.0372. The summed E-state index contributed by atoms with van der Waals surface area (Å²) in [7, 11) is 1.60. The Balaban J connectivity index is 1.88. The van der Waals surface area contributed by atoms with Crippen molar-refractivity contribution in [1.29, 1.82) is 0 Å². The molecule has 0 amide bonds. The fourth-order valence-corrected chi connectivity index (χ4v) is 7.22. The molecule has 3 fully saturated rings. The standard InChI is InChI=1S/C18H34B2O10P2Si/c1-10-13-11(26-16(10)19)8-24-31(5,21)28-14-12(9-25-32(22,23)29-13)27-17(20)15(14)30-33(6,7)18(2,3)4/h10-17H,8-9H2,1-7H3,(H,22,23)/t10-,11+,12+,13?,14?,15-,16+,17+,31?/m0/s1. The molecule has 186 valence electrons. The number of hydrogen-bond acceptors (Lipinski definition) is 9. The lowest BCUT2D eigenvalue weighted by Crippen LogP contribution is -2.50. The maximum Gasteiger partial charge on any atom is 0.472 e. The summed E-state index contributed by atoms with van der Waals surface area (Å²) in [6, 6.07) is -1.68. The van der Waals surface area contributed by atoms with Crippen LogP contribution in [0.15, 0.2) is 0 Å². The van der Waals surface area contributed by atoms with Gasteiger partial charge in [-0.15, -0.1) is 0 Å². The van der Waals surface area contributed by atoms with E-state index in [9.17, 15) is 14.0 Å². The van der Waals surface area contributed by atoms with Gasteiger partial charge in [0, 0.05) is 24.6 Å². The van der Waals surface area contributed by atoms with Crippen LogP contribution in [0.4, 0.5) is 0 Å². The van der Waals surface area contributed by atoms with Crippen LogP contribution >= 0.6 is 15.4 Å². The predicted octanol–water partition coefficient (Wildman–Crippen LogP) is 2.54. The number of phosphoric acid groups is 1. The Morgan fingerprint density at radius 2 is 1.52 bits per heavy atom. The van der Waals surface area contributed by atoms with Crippen molar-refractivity contribution in [2.45, 2.75) is 88.4 Å². The van der Waals surface area contributed by atoms with Crippen LogP contribution in [0, 0.1) is 5.92 Å². The molecule has 0 saturated carbocycles. The summed E-state index contributed by atoms with van der Waals surface area (Å²) in [4.78, 5) is 10.3. The predicted molar refractivity (Wildman–Crippen MR) is 125 cm³/mol. The average molecular weight is 522 g/mol. The Morgan fingerprint density at radius 1 is 0.970 bits per heavy atom. The van der Waals surface area contributed by atoms with Crippen LogP contribution in [0.2, 0.25) is 18.1 Å². The molecule has 3 heterocycles. The molecule has 3 aliphatic rings. The van der Waals surface area contributed by atoms with Crippen molar-refractivity contribution in [3.05, 3.63) is 0 Å². The summed E-state index contributed by atoms with van der Waals surface area (Å²) in [5.74, 6) is -0.436. The first-order chi connectivity index (χ1) is 14.9.